The van der Waals surface area contributed by atoms with Crippen molar-refractivity contribution in [3.8, 4) is 0 Å². The Hall–Kier alpha value is -2.77. The maximum Gasteiger partial charge on any atom is 0.331 e. The molecule has 4 aliphatic rings. The summed E-state index contributed by atoms with van der Waals surface area (Å²) >= 11 is 0. The minimum atomic E-state index is -2.16. The molecule has 0 aliphatic heterocycles. The summed E-state index contributed by atoms with van der Waals surface area (Å²) in [5.74, 6) is -1.98. The van der Waals surface area contributed by atoms with Crippen molar-refractivity contribution in [1.82, 2.24) is 0 Å². The molecule has 0 aromatic carbocycles. The zero-order chi connectivity index (χ0) is 29.5. The van der Waals surface area contributed by atoms with Gasteiger partial charge in [0.1, 0.15) is 12.7 Å². The van der Waals surface area contributed by atoms with Gasteiger partial charge in [-0.05, 0) is 54.1 Å². The molecule has 40 heavy (non-hydrogen) atoms. The molecule has 2 bridgehead atoms. The minimum Gasteiger partial charge on any atom is -0.461 e. The number of ketones is 1. The summed E-state index contributed by atoms with van der Waals surface area (Å²) in [6.07, 6.45) is 14.9. The zero-order valence-electron chi connectivity index (χ0n) is 24.6. The molecule has 0 heterocycles. The Balaban J connectivity index is 1.67. The summed E-state index contributed by atoms with van der Waals surface area (Å²) in [6.45, 7) is 11.1. The van der Waals surface area contributed by atoms with Crippen LogP contribution in [0.15, 0.2) is 59.8 Å². The highest BCUT2D eigenvalue weighted by Gasteiger charge is 2.76. The standard InChI is InChI=1S/C33H44O7/c1-7-8-9-10-11-12-13-14-15-26(35)40-30-20(2)18-32-21(3)16-25-27(31(25,5)6)24(29(32)37)17-23(19-39-22(4)34)28(36)33(30,32)38/h10-15,17-18,21,24-25,27-28,30,36,38H,7-9,16,19H2,1-6H3/b11-10-,13-12+,15-14+/t21-,24?,25-,27+,28-,30+,32+,33+/m1/s1. The van der Waals surface area contributed by atoms with Gasteiger partial charge in [-0.3, -0.25) is 9.59 Å². The second-order valence-corrected chi connectivity index (χ2v) is 12.6. The Bertz CT molecular complexity index is 1190. The molecular formula is C33H44O7. The minimum absolute atomic E-state index is 0.0461. The molecule has 7 heteroatoms. The van der Waals surface area contributed by atoms with E-state index in [1.54, 1.807) is 31.2 Å². The quantitative estimate of drug-likeness (QED) is 0.139. The number of aliphatic hydroxyl groups is 2. The van der Waals surface area contributed by atoms with E-state index in [-0.39, 0.29) is 41.1 Å². The first-order valence-electron chi connectivity index (χ1n) is 14.5. The summed E-state index contributed by atoms with van der Waals surface area (Å²) in [5.41, 5.74) is -2.92. The lowest BCUT2D eigenvalue weighted by Crippen LogP contribution is -2.65. The Morgan fingerprint density at radius 2 is 1.88 bits per heavy atom. The Kier molecular flexibility index (Phi) is 8.49. The maximum atomic E-state index is 14.5. The lowest BCUT2D eigenvalue weighted by atomic mass is 9.59. The van der Waals surface area contributed by atoms with Crippen LogP contribution in [0.3, 0.4) is 0 Å². The average molecular weight is 553 g/mol. The molecule has 2 fully saturated rings. The SMILES string of the molecule is CCCC\C=C/C=C/C=C/C(=O)O[C@H]1C(C)=C[C@]23C(=O)C(C=C(COC(C)=O)[C@@H](O)[C@]12O)[C@H]1[C@@H](C[C@H]3C)C1(C)C. The van der Waals surface area contributed by atoms with Crippen molar-refractivity contribution in [2.75, 3.05) is 6.61 Å². The number of allylic oxidation sites excluding steroid dienone is 6. The molecular weight excluding hydrogens is 508 g/mol. The van der Waals surface area contributed by atoms with Gasteiger partial charge in [-0.15, -0.1) is 0 Å². The first-order chi connectivity index (χ1) is 18.8. The summed E-state index contributed by atoms with van der Waals surface area (Å²) in [4.78, 5) is 39.1. The fourth-order valence-electron chi connectivity index (χ4n) is 7.68. The lowest BCUT2D eigenvalue weighted by molar-refractivity contribution is -0.201. The van der Waals surface area contributed by atoms with Crippen LogP contribution in [0.2, 0.25) is 0 Å². The maximum absolute atomic E-state index is 14.5. The first kappa shape index (κ1) is 30.2. The molecule has 0 amide bonds. The molecule has 2 saturated carbocycles. The van der Waals surface area contributed by atoms with Crippen molar-refractivity contribution in [1.29, 1.82) is 0 Å². The lowest BCUT2D eigenvalue weighted by Gasteiger charge is -2.48. The largest absolute Gasteiger partial charge is 0.461 e. The van der Waals surface area contributed by atoms with Crippen LogP contribution in [0.1, 0.15) is 67.2 Å². The van der Waals surface area contributed by atoms with E-state index < -0.39 is 41.1 Å². The molecule has 4 aliphatic carbocycles. The van der Waals surface area contributed by atoms with Crippen LogP contribution in [0, 0.1) is 34.5 Å². The van der Waals surface area contributed by atoms with Crippen molar-refractivity contribution in [2.24, 2.45) is 34.5 Å². The molecule has 0 aromatic heterocycles. The van der Waals surface area contributed by atoms with Crippen LogP contribution >= 0.6 is 0 Å². The third-order valence-corrected chi connectivity index (χ3v) is 9.82. The molecule has 8 atom stereocenters. The molecule has 1 unspecified atom stereocenters. The van der Waals surface area contributed by atoms with E-state index in [2.05, 4.69) is 26.8 Å². The fraction of sp³-hybridized carbons (Fsp3) is 0.606. The van der Waals surface area contributed by atoms with Gasteiger partial charge in [0.2, 0.25) is 0 Å². The molecule has 2 N–H and O–H groups in total. The Morgan fingerprint density at radius 3 is 2.55 bits per heavy atom. The van der Waals surface area contributed by atoms with Crippen LogP contribution in [0.4, 0.5) is 0 Å². The van der Waals surface area contributed by atoms with E-state index in [1.165, 1.54) is 13.0 Å². The number of esters is 2. The van der Waals surface area contributed by atoms with Gasteiger partial charge in [-0.1, -0.05) is 83.1 Å². The van der Waals surface area contributed by atoms with Crippen LogP contribution in [0.25, 0.3) is 0 Å². The molecule has 7 nitrogen and oxygen atoms in total. The van der Waals surface area contributed by atoms with Crippen molar-refractivity contribution in [3.63, 3.8) is 0 Å². The molecule has 0 radical (unpaired) electrons. The summed E-state index contributed by atoms with van der Waals surface area (Å²) in [7, 11) is 0. The van der Waals surface area contributed by atoms with Gasteiger partial charge in [-0.2, -0.15) is 0 Å². The second-order valence-electron chi connectivity index (χ2n) is 12.6. The number of Topliss-reactive ketones (excluding diaryl/α,β-unsaturated/α-hetero) is 1. The van der Waals surface area contributed by atoms with E-state index in [9.17, 15) is 24.6 Å². The predicted octanol–water partition coefficient (Wildman–Crippen LogP) is 4.80. The number of hydrogen-bond acceptors (Lipinski definition) is 7. The monoisotopic (exact) mass is 552 g/mol. The van der Waals surface area contributed by atoms with Crippen molar-refractivity contribution < 1.29 is 34.1 Å². The highest BCUT2D eigenvalue weighted by molar-refractivity contribution is 5.95. The number of aliphatic hydroxyl groups excluding tert-OH is 1. The van der Waals surface area contributed by atoms with Crippen LogP contribution in [-0.2, 0) is 23.9 Å². The second kappa shape index (κ2) is 11.2. The summed E-state index contributed by atoms with van der Waals surface area (Å²) in [5, 5.41) is 24.4. The van der Waals surface area contributed by atoms with Crippen molar-refractivity contribution in [2.45, 2.75) is 85.0 Å². The topological polar surface area (TPSA) is 110 Å². The summed E-state index contributed by atoms with van der Waals surface area (Å²) in [6, 6.07) is 0. The summed E-state index contributed by atoms with van der Waals surface area (Å²) < 4.78 is 11.1. The molecule has 0 saturated heterocycles. The molecule has 4 rings (SSSR count). The van der Waals surface area contributed by atoms with Crippen molar-refractivity contribution >= 4 is 17.7 Å². The van der Waals surface area contributed by atoms with Crippen molar-refractivity contribution in [3.05, 3.63) is 59.8 Å². The normalized spacial score (nSPS) is 38.0. The third kappa shape index (κ3) is 4.85. The number of rotatable bonds is 9. The van der Waals surface area contributed by atoms with E-state index in [0.29, 0.717) is 12.0 Å². The van der Waals surface area contributed by atoms with Gasteiger partial charge in [0, 0.05) is 18.9 Å². The van der Waals surface area contributed by atoms with Gasteiger partial charge < -0.3 is 19.7 Å². The number of hydrogen-bond donors (Lipinski definition) is 2. The van der Waals surface area contributed by atoms with Crippen LogP contribution in [0.5, 0.6) is 0 Å². The number of carbonyl (C=O) groups excluding carboxylic acids is 3. The zero-order valence-corrected chi connectivity index (χ0v) is 24.6. The van der Waals surface area contributed by atoms with E-state index >= 15 is 0 Å². The number of ether oxygens (including phenoxy) is 2. The van der Waals surface area contributed by atoms with Gasteiger partial charge in [0.15, 0.2) is 17.5 Å². The van der Waals surface area contributed by atoms with Crippen LogP contribution in [-0.4, -0.2) is 52.4 Å². The van der Waals surface area contributed by atoms with Gasteiger partial charge in [-0.25, -0.2) is 4.79 Å². The molecule has 1 spiro atoms. The van der Waals surface area contributed by atoms with Gasteiger partial charge in [0.05, 0.1) is 5.41 Å². The van der Waals surface area contributed by atoms with E-state index in [4.69, 9.17) is 9.47 Å². The number of carbonyl (C=O) groups is 3. The Morgan fingerprint density at radius 1 is 1.18 bits per heavy atom. The van der Waals surface area contributed by atoms with Crippen LogP contribution < -0.4 is 0 Å². The predicted molar refractivity (Wildman–Crippen MR) is 152 cm³/mol. The third-order valence-electron chi connectivity index (χ3n) is 9.82. The highest BCUT2D eigenvalue weighted by atomic mass is 16.6. The molecule has 0 aromatic rings. The first-order valence-corrected chi connectivity index (χ1v) is 14.5. The Labute approximate surface area is 237 Å². The molecule has 218 valence electrons. The van der Waals surface area contributed by atoms with Gasteiger partial charge in [0.25, 0.3) is 0 Å². The average Bonchev–Trinajstić information content (AvgIpc) is 3.38. The van der Waals surface area contributed by atoms with E-state index in [1.807, 2.05) is 19.1 Å². The van der Waals surface area contributed by atoms with E-state index in [0.717, 1.165) is 19.3 Å². The fourth-order valence-corrected chi connectivity index (χ4v) is 7.68. The smallest absolute Gasteiger partial charge is 0.331 e. The highest BCUT2D eigenvalue weighted by Crippen LogP contribution is 2.71. The van der Waals surface area contributed by atoms with Gasteiger partial charge >= 0.3 is 11.9 Å². The number of unbranched alkanes of at least 4 members (excludes halogenated alkanes) is 2. The number of fused-ring (bicyclic) bond motifs is 3.